The van der Waals surface area contributed by atoms with Crippen molar-refractivity contribution in [1.82, 2.24) is 29.2 Å². The third-order valence-electron chi connectivity index (χ3n) is 4.16. The molecule has 0 aromatic carbocycles. The monoisotopic (exact) mass is 316 g/mol. The van der Waals surface area contributed by atoms with E-state index >= 15 is 0 Å². The molecule has 0 saturated carbocycles. The Bertz CT molecular complexity index is 774. The number of amides is 2. The van der Waals surface area contributed by atoms with E-state index in [1.54, 1.807) is 18.7 Å². The summed E-state index contributed by atoms with van der Waals surface area (Å²) in [5.41, 5.74) is 4.31. The molecular weight excluding hydrogens is 298 g/mol. The maximum Gasteiger partial charge on any atom is 0.284 e. The molecule has 0 atom stereocenters. The standard InChI is InChI=1S/C14H18N7O2/c1-9-17-18-10-8-19(6-7-20(9)10)13(23)14(2,3)21-5-4-16-12(21)11(15)22/h5H,6-8H2,1-3H3,(H2,15,22). The Labute approximate surface area is 133 Å². The SMILES string of the molecule is Cc1nnc2n1CCN(C(=O)C(C)(C)n1c[c]nc1C(N)=O)C2. The van der Waals surface area contributed by atoms with Crippen LogP contribution in [0.3, 0.4) is 0 Å². The number of imidazole rings is 1. The van der Waals surface area contributed by atoms with Crippen molar-refractivity contribution in [1.29, 1.82) is 0 Å². The molecule has 0 unspecified atom stereocenters. The van der Waals surface area contributed by atoms with Gasteiger partial charge in [-0.1, -0.05) is 0 Å². The molecule has 2 N–H and O–H groups in total. The normalized spacial score (nSPS) is 14.7. The molecule has 121 valence electrons. The molecule has 0 saturated heterocycles. The highest BCUT2D eigenvalue weighted by atomic mass is 16.2. The number of hydrogen-bond acceptors (Lipinski definition) is 5. The van der Waals surface area contributed by atoms with Gasteiger partial charge in [-0.15, -0.1) is 10.2 Å². The molecular formula is C14H18N7O2. The van der Waals surface area contributed by atoms with E-state index in [-0.39, 0.29) is 11.7 Å². The van der Waals surface area contributed by atoms with Crippen LogP contribution in [-0.4, -0.2) is 47.6 Å². The van der Waals surface area contributed by atoms with Gasteiger partial charge in [0.1, 0.15) is 17.6 Å². The summed E-state index contributed by atoms with van der Waals surface area (Å²) in [5.74, 6) is 0.774. The van der Waals surface area contributed by atoms with E-state index in [0.29, 0.717) is 19.6 Å². The van der Waals surface area contributed by atoms with Crippen LogP contribution in [0.1, 0.15) is 36.1 Å². The van der Waals surface area contributed by atoms with E-state index in [9.17, 15) is 9.59 Å². The van der Waals surface area contributed by atoms with Gasteiger partial charge in [0.25, 0.3) is 5.91 Å². The minimum absolute atomic E-state index is 0.0133. The van der Waals surface area contributed by atoms with Gasteiger partial charge in [-0.05, 0) is 20.8 Å². The molecule has 2 aromatic rings. The number of nitrogens with zero attached hydrogens (tertiary/aromatic N) is 6. The van der Waals surface area contributed by atoms with E-state index < -0.39 is 11.4 Å². The molecule has 3 rings (SSSR count). The molecule has 3 heterocycles. The molecule has 9 nitrogen and oxygen atoms in total. The Hall–Kier alpha value is -2.71. The second-order valence-electron chi connectivity index (χ2n) is 6.03. The fourth-order valence-corrected chi connectivity index (χ4v) is 2.83. The topological polar surface area (TPSA) is 112 Å². The third-order valence-corrected chi connectivity index (χ3v) is 4.16. The molecule has 23 heavy (non-hydrogen) atoms. The highest BCUT2D eigenvalue weighted by molar-refractivity contribution is 5.91. The van der Waals surface area contributed by atoms with Crippen molar-refractivity contribution in [3.8, 4) is 0 Å². The Morgan fingerprint density at radius 2 is 2.04 bits per heavy atom. The summed E-state index contributed by atoms with van der Waals surface area (Å²) in [6, 6.07) is 0. The number of carbonyl (C=O) groups is 2. The number of hydrogen-bond donors (Lipinski definition) is 1. The zero-order valence-electron chi connectivity index (χ0n) is 13.3. The fourth-order valence-electron chi connectivity index (χ4n) is 2.83. The largest absolute Gasteiger partial charge is 0.363 e. The van der Waals surface area contributed by atoms with Crippen molar-refractivity contribution < 1.29 is 9.59 Å². The lowest BCUT2D eigenvalue weighted by molar-refractivity contribution is -0.141. The summed E-state index contributed by atoms with van der Waals surface area (Å²) in [6.07, 6.45) is 4.04. The summed E-state index contributed by atoms with van der Waals surface area (Å²) in [6.45, 7) is 6.92. The highest BCUT2D eigenvalue weighted by Gasteiger charge is 2.37. The van der Waals surface area contributed by atoms with Crippen molar-refractivity contribution in [2.24, 2.45) is 5.73 Å². The Kier molecular flexibility index (Phi) is 3.42. The van der Waals surface area contributed by atoms with E-state index in [2.05, 4.69) is 21.4 Å². The van der Waals surface area contributed by atoms with Crippen LogP contribution in [0.15, 0.2) is 6.20 Å². The van der Waals surface area contributed by atoms with Gasteiger partial charge in [0.15, 0.2) is 11.6 Å². The molecule has 9 heteroatoms. The van der Waals surface area contributed by atoms with Crippen molar-refractivity contribution in [2.45, 2.75) is 39.4 Å². The second-order valence-corrected chi connectivity index (χ2v) is 6.03. The highest BCUT2D eigenvalue weighted by Crippen LogP contribution is 2.23. The molecule has 0 bridgehead atoms. The van der Waals surface area contributed by atoms with Gasteiger partial charge in [0.05, 0.1) is 6.54 Å². The lowest BCUT2D eigenvalue weighted by Gasteiger charge is -2.35. The van der Waals surface area contributed by atoms with Crippen LogP contribution in [0.2, 0.25) is 0 Å². The molecule has 1 aliphatic heterocycles. The minimum atomic E-state index is -1.01. The first-order valence-electron chi connectivity index (χ1n) is 7.26. The number of nitrogens with two attached hydrogens (primary N) is 1. The Balaban J connectivity index is 1.88. The number of aromatic nitrogens is 5. The summed E-state index contributed by atoms with van der Waals surface area (Å²) in [5, 5.41) is 8.13. The van der Waals surface area contributed by atoms with E-state index in [1.165, 1.54) is 10.8 Å². The van der Waals surface area contributed by atoms with Crippen LogP contribution in [0.4, 0.5) is 0 Å². The van der Waals surface area contributed by atoms with E-state index in [1.807, 2.05) is 11.5 Å². The van der Waals surface area contributed by atoms with Gasteiger partial charge in [-0.25, -0.2) is 4.98 Å². The van der Waals surface area contributed by atoms with Gasteiger partial charge < -0.3 is 19.8 Å². The van der Waals surface area contributed by atoms with Crippen molar-refractivity contribution in [3.63, 3.8) is 0 Å². The quantitative estimate of drug-likeness (QED) is 0.817. The first kappa shape index (κ1) is 15.2. The van der Waals surface area contributed by atoms with Gasteiger partial charge in [-0.3, -0.25) is 9.59 Å². The first-order valence-corrected chi connectivity index (χ1v) is 7.26. The predicted octanol–water partition coefficient (Wildman–Crippen LogP) is -0.540. The lowest BCUT2D eigenvalue weighted by Crippen LogP contribution is -2.50. The first-order chi connectivity index (χ1) is 10.8. The molecule has 0 aliphatic carbocycles. The van der Waals surface area contributed by atoms with Gasteiger partial charge in [0.2, 0.25) is 5.91 Å². The molecule has 2 aromatic heterocycles. The van der Waals surface area contributed by atoms with Gasteiger partial charge in [0, 0.05) is 19.3 Å². The maximum absolute atomic E-state index is 13.0. The predicted molar refractivity (Wildman–Crippen MR) is 79.1 cm³/mol. The number of aryl methyl sites for hydroxylation is 1. The summed E-state index contributed by atoms with van der Waals surface area (Å²) >= 11 is 0. The number of primary amides is 1. The lowest BCUT2D eigenvalue weighted by atomic mass is 10.0. The average molecular weight is 316 g/mol. The Morgan fingerprint density at radius 1 is 1.30 bits per heavy atom. The number of rotatable bonds is 3. The molecule has 1 aliphatic rings. The fraction of sp³-hybridized carbons (Fsp3) is 0.500. The van der Waals surface area contributed by atoms with Crippen LogP contribution >= 0.6 is 0 Å². The van der Waals surface area contributed by atoms with Crippen LogP contribution < -0.4 is 5.73 Å². The smallest absolute Gasteiger partial charge is 0.284 e. The number of fused-ring (bicyclic) bond motifs is 1. The molecule has 0 fully saturated rings. The van der Waals surface area contributed by atoms with Crippen molar-refractivity contribution in [3.05, 3.63) is 29.9 Å². The van der Waals surface area contributed by atoms with Crippen molar-refractivity contribution in [2.75, 3.05) is 6.54 Å². The summed E-state index contributed by atoms with van der Waals surface area (Å²) in [4.78, 5) is 29.9. The maximum atomic E-state index is 13.0. The van der Waals surface area contributed by atoms with E-state index in [4.69, 9.17) is 5.73 Å². The minimum Gasteiger partial charge on any atom is -0.363 e. The van der Waals surface area contributed by atoms with Crippen LogP contribution in [0, 0.1) is 13.1 Å². The van der Waals surface area contributed by atoms with Gasteiger partial charge >= 0.3 is 0 Å². The number of carbonyl (C=O) groups excluding carboxylic acids is 2. The molecule has 0 spiro atoms. The summed E-state index contributed by atoms with van der Waals surface area (Å²) < 4.78 is 3.46. The van der Waals surface area contributed by atoms with Crippen LogP contribution in [0.25, 0.3) is 0 Å². The van der Waals surface area contributed by atoms with Crippen LogP contribution in [-0.2, 0) is 23.4 Å². The Morgan fingerprint density at radius 3 is 2.74 bits per heavy atom. The molecule has 1 radical (unpaired) electrons. The average Bonchev–Trinajstić information content (AvgIpc) is 3.14. The second kappa shape index (κ2) is 5.18. The van der Waals surface area contributed by atoms with Crippen molar-refractivity contribution >= 4 is 11.8 Å². The zero-order chi connectivity index (χ0) is 16.8. The molecule has 2 amide bonds. The third kappa shape index (κ3) is 2.37. The van der Waals surface area contributed by atoms with Gasteiger partial charge in [-0.2, -0.15) is 0 Å². The zero-order valence-corrected chi connectivity index (χ0v) is 13.3. The van der Waals surface area contributed by atoms with Crippen LogP contribution in [0.5, 0.6) is 0 Å². The summed E-state index contributed by atoms with van der Waals surface area (Å²) in [7, 11) is 0. The van der Waals surface area contributed by atoms with E-state index in [0.717, 1.165) is 11.6 Å².